The number of benzene rings is 1. The molecule has 0 saturated heterocycles. The van der Waals surface area contributed by atoms with Crippen LogP contribution in [0.4, 0.5) is 14.7 Å². The van der Waals surface area contributed by atoms with Crippen molar-refractivity contribution in [3.63, 3.8) is 0 Å². The van der Waals surface area contributed by atoms with Gasteiger partial charge in [-0.25, -0.2) is 13.8 Å². The van der Waals surface area contributed by atoms with E-state index in [1.165, 1.54) is 31.4 Å². The van der Waals surface area contributed by atoms with E-state index in [1.54, 1.807) is 17.0 Å². The predicted octanol–water partition coefficient (Wildman–Crippen LogP) is 3.90. The summed E-state index contributed by atoms with van der Waals surface area (Å²) >= 11 is 0. The smallest absolute Gasteiger partial charge is 0.207 e. The lowest BCUT2D eigenvalue weighted by atomic mass is 9.96. The summed E-state index contributed by atoms with van der Waals surface area (Å²) in [6, 6.07) is 3.87. The summed E-state index contributed by atoms with van der Waals surface area (Å²) in [6.07, 6.45) is 9.28. The fourth-order valence-electron chi connectivity index (χ4n) is 2.73. The Kier molecular flexibility index (Phi) is 3.67. The third kappa shape index (κ3) is 2.81. The Morgan fingerprint density at radius 2 is 1.75 bits per heavy atom. The number of anilines is 1. The normalized spacial score (nSPS) is 16.3. The second kappa shape index (κ2) is 5.61. The van der Waals surface area contributed by atoms with Crippen molar-refractivity contribution < 1.29 is 8.78 Å². The lowest BCUT2D eigenvalue weighted by Crippen LogP contribution is -2.24. The zero-order valence-electron chi connectivity index (χ0n) is 11.1. The molecule has 1 N–H and O–H groups in total. The first kappa shape index (κ1) is 13.1. The molecular weight excluding hydrogens is 260 g/mol. The molecule has 1 aromatic carbocycles. The third-order valence-electron chi connectivity index (χ3n) is 3.70. The predicted molar refractivity (Wildman–Crippen MR) is 74.0 cm³/mol. The van der Waals surface area contributed by atoms with Gasteiger partial charge in [0.2, 0.25) is 5.95 Å². The van der Waals surface area contributed by atoms with Gasteiger partial charge < -0.3 is 5.32 Å². The van der Waals surface area contributed by atoms with Gasteiger partial charge >= 0.3 is 0 Å². The molecule has 1 heterocycles. The van der Waals surface area contributed by atoms with E-state index in [0.29, 0.717) is 17.7 Å². The SMILES string of the molecule is Fc1cc(F)cc(-n2ccnc2NC2CCCCC2)c1. The lowest BCUT2D eigenvalue weighted by molar-refractivity contribution is 0.460. The van der Waals surface area contributed by atoms with Crippen LogP contribution in [0.15, 0.2) is 30.6 Å². The van der Waals surface area contributed by atoms with Gasteiger partial charge in [0.15, 0.2) is 0 Å². The topological polar surface area (TPSA) is 29.9 Å². The Morgan fingerprint density at radius 3 is 2.45 bits per heavy atom. The minimum Gasteiger partial charge on any atom is -0.353 e. The second-order valence-electron chi connectivity index (χ2n) is 5.23. The number of imidazole rings is 1. The molecule has 106 valence electrons. The van der Waals surface area contributed by atoms with Crippen LogP contribution in [0.5, 0.6) is 0 Å². The molecule has 1 aliphatic carbocycles. The van der Waals surface area contributed by atoms with Crippen molar-refractivity contribution in [2.75, 3.05) is 5.32 Å². The molecule has 5 heteroatoms. The van der Waals surface area contributed by atoms with E-state index < -0.39 is 11.6 Å². The van der Waals surface area contributed by atoms with Crippen LogP contribution in [0, 0.1) is 11.6 Å². The van der Waals surface area contributed by atoms with Gasteiger partial charge in [-0.15, -0.1) is 0 Å². The summed E-state index contributed by atoms with van der Waals surface area (Å²) in [6.45, 7) is 0. The number of hydrogen-bond acceptors (Lipinski definition) is 2. The van der Waals surface area contributed by atoms with Crippen molar-refractivity contribution in [3.8, 4) is 5.69 Å². The third-order valence-corrected chi connectivity index (χ3v) is 3.70. The second-order valence-corrected chi connectivity index (χ2v) is 5.23. The number of aromatic nitrogens is 2. The van der Waals surface area contributed by atoms with Gasteiger partial charge in [-0.3, -0.25) is 4.57 Å². The molecule has 0 amide bonds. The van der Waals surface area contributed by atoms with Crippen LogP contribution < -0.4 is 5.32 Å². The van der Waals surface area contributed by atoms with Crippen LogP contribution in [0.3, 0.4) is 0 Å². The van der Waals surface area contributed by atoms with E-state index in [-0.39, 0.29) is 0 Å². The quantitative estimate of drug-likeness (QED) is 0.922. The van der Waals surface area contributed by atoms with Crippen LogP contribution in [0.1, 0.15) is 32.1 Å². The zero-order valence-corrected chi connectivity index (χ0v) is 11.1. The molecule has 0 bridgehead atoms. The summed E-state index contributed by atoms with van der Waals surface area (Å²) < 4.78 is 28.3. The van der Waals surface area contributed by atoms with E-state index in [0.717, 1.165) is 18.9 Å². The van der Waals surface area contributed by atoms with Gasteiger partial charge in [-0.1, -0.05) is 19.3 Å². The Balaban J connectivity index is 1.85. The van der Waals surface area contributed by atoms with E-state index in [2.05, 4.69) is 10.3 Å². The van der Waals surface area contributed by atoms with Crippen molar-refractivity contribution in [2.24, 2.45) is 0 Å². The van der Waals surface area contributed by atoms with Crippen molar-refractivity contribution >= 4 is 5.95 Å². The van der Waals surface area contributed by atoms with Gasteiger partial charge in [0, 0.05) is 24.5 Å². The minimum absolute atomic E-state index is 0.392. The molecule has 0 atom stereocenters. The maximum Gasteiger partial charge on any atom is 0.207 e. The molecule has 3 rings (SSSR count). The van der Waals surface area contributed by atoms with Crippen molar-refractivity contribution in [1.29, 1.82) is 0 Å². The maximum atomic E-state index is 13.3. The highest BCUT2D eigenvalue weighted by Crippen LogP contribution is 2.23. The van der Waals surface area contributed by atoms with Crippen LogP contribution >= 0.6 is 0 Å². The molecule has 20 heavy (non-hydrogen) atoms. The van der Waals surface area contributed by atoms with Crippen molar-refractivity contribution in [2.45, 2.75) is 38.1 Å². The first-order chi connectivity index (χ1) is 9.72. The Morgan fingerprint density at radius 1 is 1.05 bits per heavy atom. The molecule has 3 nitrogen and oxygen atoms in total. The van der Waals surface area contributed by atoms with Gasteiger partial charge in [0.25, 0.3) is 0 Å². The molecule has 0 aliphatic heterocycles. The summed E-state index contributed by atoms with van der Waals surface area (Å²) in [7, 11) is 0. The summed E-state index contributed by atoms with van der Waals surface area (Å²) in [5.74, 6) is -0.531. The molecule has 0 spiro atoms. The van der Waals surface area contributed by atoms with Crippen LogP contribution in [0.25, 0.3) is 5.69 Å². The van der Waals surface area contributed by atoms with E-state index in [1.807, 2.05) is 0 Å². The van der Waals surface area contributed by atoms with Gasteiger partial charge in [0.05, 0.1) is 5.69 Å². The number of rotatable bonds is 3. The number of halogens is 2. The van der Waals surface area contributed by atoms with Gasteiger partial charge in [-0.05, 0) is 25.0 Å². The Bertz CT molecular complexity index is 568. The number of hydrogen-bond donors (Lipinski definition) is 1. The van der Waals surface area contributed by atoms with Gasteiger partial charge in [0.1, 0.15) is 11.6 Å². The molecule has 1 aliphatic rings. The average molecular weight is 277 g/mol. The first-order valence-corrected chi connectivity index (χ1v) is 6.99. The largest absolute Gasteiger partial charge is 0.353 e. The highest BCUT2D eigenvalue weighted by atomic mass is 19.1. The summed E-state index contributed by atoms with van der Waals surface area (Å²) in [4.78, 5) is 4.25. The monoisotopic (exact) mass is 277 g/mol. The van der Waals surface area contributed by atoms with E-state index >= 15 is 0 Å². The standard InChI is InChI=1S/C15H17F2N3/c16-11-8-12(17)10-14(9-11)20-7-6-18-15(20)19-13-4-2-1-3-5-13/h6-10,13H,1-5H2,(H,18,19). The van der Waals surface area contributed by atoms with Crippen LogP contribution in [0.2, 0.25) is 0 Å². The van der Waals surface area contributed by atoms with Gasteiger partial charge in [-0.2, -0.15) is 0 Å². The molecule has 1 saturated carbocycles. The van der Waals surface area contributed by atoms with Crippen LogP contribution in [-0.4, -0.2) is 15.6 Å². The lowest BCUT2D eigenvalue weighted by Gasteiger charge is -2.23. The highest BCUT2D eigenvalue weighted by molar-refractivity contribution is 5.42. The number of nitrogens with zero attached hydrogens (tertiary/aromatic N) is 2. The van der Waals surface area contributed by atoms with E-state index in [9.17, 15) is 8.78 Å². The molecule has 0 unspecified atom stereocenters. The number of nitrogens with one attached hydrogen (secondary N) is 1. The molecular formula is C15H17F2N3. The Hall–Kier alpha value is -1.91. The molecule has 1 aromatic heterocycles. The molecule has 1 fully saturated rings. The fourth-order valence-corrected chi connectivity index (χ4v) is 2.73. The first-order valence-electron chi connectivity index (χ1n) is 6.99. The zero-order chi connectivity index (χ0) is 13.9. The summed E-state index contributed by atoms with van der Waals surface area (Å²) in [5.41, 5.74) is 0.443. The molecule has 0 radical (unpaired) electrons. The fraction of sp³-hybridized carbons (Fsp3) is 0.400. The van der Waals surface area contributed by atoms with Crippen LogP contribution in [-0.2, 0) is 0 Å². The average Bonchev–Trinajstić information content (AvgIpc) is 2.87. The highest BCUT2D eigenvalue weighted by Gasteiger charge is 2.16. The summed E-state index contributed by atoms with van der Waals surface area (Å²) in [5, 5.41) is 3.37. The maximum absolute atomic E-state index is 13.3. The van der Waals surface area contributed by atoms with Crippen molar-refractivity contribution in [3.05, 3.63) is 42.2 Å². The Labute approximate surface area is 116 Å². The van der Waals surface area contributed by atoms with Crippen molar-refractivity contribution in [1.82, 2.24) is 9.55 Å². The molecule has 2 aromatic rings. The van der Waals surface area contributed by atoms with E-state index in [4.69, 9.17) is 0 Å². The minimum atomic E-state index is -0.586.